The number of carbonyl (C=O) groups excluding carboxylic acids is 2. The van der Waals surface area contributed by atoms with Gasteiger partial charge in [-0.05, 0) is 48.4 Å². The lowest BCUT2D eigenvalue weighted by Gasteiger charge is -2.23. The molecule has 7 nitrogen and oxygen atoms in total. The van der Waals surface area contributed by atoms with Crippen molar-refractivity contribution >= 4 is 17.4 Å². The topological polar surface area (TPSA) is 92.9 Å². The average molecular weight is 432 g/mol. The number of aliphatic hydroxyl groups is 1. The molecule has 4 rings (SSSR count). The molecule has 1 saturated heterocycles. The summed E-state index contributed by atoms with van der Waals surface area (Å²) in [4.78, 5) is 31.4. The van der Waals surface area contributed by atoms with Gasteiger partial charge in [-0.25, -0.2) is 0 Å². The molecular weight excluding hydrogens is 408 g/mol. The number of pyridine rings is 1. The van der Waals surface area contributed by atoms with Crippen molar-refractivity contribution in [2.75, 3.05) is 6.61 Å². The molecule has 1 unspecified atom stereocenters. The molecule has 1 amide bonds. The highest BCUT2D eigenvalue weighted by Gasteiger charge is 2.47. The number of ether oxygens (including phenoxy) is 1. The van der Waals surface area contributed by atoms with Crippen LogP contribution < -0.4 is 4.74 Å². The largest absolute Gasteiger partial charge is 0.507 e. The number of carbonyl (C=O) groups is 2. The predicted molar refractivity (Wildman–Crippen MR) is 118 cm³/mol. The van der Waals surface area contributed by atoms with E-state index in [-0.39, 0.29) is 17.9 Å². The Hall–Kier alpha value is -3.87. The molecule has 1 aromatic carbocycles. The Bertz CT molecular complexity index is 1120. The van der Waals surface area contributed by atoms with Crippen LogP contribution in [0.1, 0.15) is 42.7 Å². The molecule has 1 aliphatic rings. The number of hydrogen-bond donors (Lipinski definition) is 1. The number of aliphatic hydroxyl groups excluding tert-OH is 1. The van der Waals surface area contributed by atoms with Gasteiger partial charge in [-0.3, -0.25) is 14.6 Å². The Balaban J connectivity index is 1.74. The lowest BCUT2D eigenvalue weighted by molar-refractivity contribution is -0.140. The van der Waals surface area contributed by atoms with Crippen LogP contribution in [0.3, 0.4) is 0 Å². The summed E-state index contributed by atoms with van der Waals surface area (Å²) in [6, 6.07) is 13.0. The van der Waals surface area contributed by atoms with E-state index in [1.54, 1.807) is 60.9 Å². The second kappa shape index (κ2) is 9.51. The fourth-order valence-corrected chi connectivity index (χ4v) is 3.69. The average Bonchev–Trinajstić information content (AvgIpc) is 3.43. The van der Waals surface area contributed by atoms with Crippen LogP contribution in [0.15, 0.2) is 77.2 Å². The molecule has 0 saturated carbocycles. The van der Waals surface area contributed by atoms with Crippen molar-refractivity contribution < 1.29 is 23.8 Å². The molecular formula is C25H24N2O5. The number of unbranched alkanes of at least 4 members (excludes halogenated alkanes) is 1. The first-order valence-electron chi connectivity index (χ1n) is 10.5. The van der Waals surface area contributed by atoms with Gasteiger partial charge in [0.05, 0.1) is 18.4 Å². The van der Waals surface area contributed by atoms with Crippen molar-refractivity contribution in [1.29, 1.82) is 0 Å². The van der Waals surface area contributed by atoms with Gasteiger partial charge in [0.15, 0.2) is 0 Å². The molecule has 164 valence electrons. The summed E-state index contributed by atoms with van der Waals surface area (Å²) in [5, 5.41) is 11.1. The molecule has 1 aliphatic heterocycles. The molecule has 0 spiro atoms. The van der Waals surface area contributed by atoms with Crippen LogP contribution in [-0.4, -0.2) is 33.3 Å². The van der Waals surface area contributed by atoms with E-state index in [1.807, 2.05) is 0 Å². The quantitative estimate of drug-likeness (QED) is 0.244. The zero-order valence-corrected chi connectivity index (χ0v) is 17.7. The van der Waals surface area contributed by atoms with Crippen LogP contribution in [0, 0.1) is 0 Å². The number of nitrogens with zero attached hydrogens (tertiary/aromatic N) is 2. The minimum atomic E-state index is -0.845. The maximum Gasteiger partial charge on any atom is 0.296 e. The van der Waals surface area contributed by atoms with Gasteiger partial charge in [0, 0.05) is 24.5 Å². The minimum absolute atomic E-state index is 0.00952. The van der Waals surface area contributed by atoms with Gasteiger partial charge in [-0.2, -0.15) is 0 Å². The van der Waals surface area contributed by atoms with Crippen molar-refractivity contribution in [2.45, 2.75) is 32.4 Å². The minimum Gasteiger partial charge on any atom is -0.507 e. The standard InChI is InChI=1S/C25H24N2O5/c1-2-3-13-31-19-7-4-6-18(15-19)23(28)21-22(20-8-5-14-32-20)27(25(30)24(21)29)16-17-9-11-26-12-10-17/h4-12,14-15,22,28H,2-3,13,16H2,1H3. The normalized spacial score (nSPS) is 17.7. The highest BCUT2D eigenvalue weighted by molar-refractivity contribution is 6.46. The zero-order chi connectivity index (χ0) is 22.5. The molecule has 0 aliphatic carbocycles. The Kier molecular flexibility index (Phi) is 6.35. The monoisotopic (exact) mass is 432 g/mol. The number of furan rings is 1. The summed E-state index contributed by atoms with van der Waals surface area (Å²) in [5.41, 5.74) is 1.20. The Morgan fingerprint density at radius 2 is 1.97 bits per heavy atom. The van der Waals surface area contributed by atoms with E-state index in [0.29, 0.717) is 23.7 Å². The van der Waals surface area contributed by atoms with Crippen LogP contribution in [0.4, 0.5) is 0 Å². The summed E-state index contributed by atoms with van der Waals surface area (Å²) < 4.78 is 11.3. The van der Waals surface area contributed by atoms with Gasteiger partial charge in [0.2, 0.25) is 0 Å². The highest BCUT2D eigenvalue weighted by atomic mass is 16.5. The van der Waals surface area contributed by atoms with Crippen LogP contribution in [0.5, 0.6) is 5.75 Å². The van der Waals surface area contributed by atoms with E-state index < -0.39 is 17.7 Å². The maximum atomic E-state index is 13.0. The molecule has 3 aromatic rings. The number of benzene rings is 1. The summed E-state index contributed by atoms with van der Waals surface area (Å²) in [6.07, 6.45) is 6.64. The second-order valence-electron chi connectivity index (χ2n) is 7.53. The number of Topliss-reactive ketones (excluding diaryl/α,β-unsaturated/α-hetero) is 1. The van der Waals surface area contributed by atoms with Gasteiger partial charge in [0.25, 0.3) is 11.7 Å². The highest BCUT2D eigenvalue weighted by Crippen LogP contribution is 2.40. The summed E-state index contributed by atoms with van der Waals surface area (Å²) in [7, 11) is 0. The number of likely N-dealkylation sites (tertiary alicyclic amines) is 1. The number of hydrogen-bond acceptors (Lipinski definition) is 6. The smallest absolute Gasteiger partial charge is 0.296 e. The molecule has 7 heteroatoms. The van der Waals surface area contributed by atoms with Crippen LogP contribution in [0.2, 0.25) is 0 Å². The molecule has 1 atom stereocenters. The number of aromatic nitrogens is 1. The van der Waals surface area contributed by atoms with Crippen LogP contribution in [-0.2, 0) is 16.1 Å². The Morgan fingerprint density at radius 3 is 2.69 bits per heavy atom. The third-order valence-electron chi connectivity index (χ3n) is 5.33. The molecule has 1 fully saturated rings. The first-order valence-corrected chi connectivity index (χ1v) is 10.5. The van der Waals surface area contributed by atoms with Crippen molar-refractivity contribution in [3.63, 3.8) is 0 Å². The van der Waals surface area contributed by atoms with E-state index in [0.717, 1.165) is 18.4 Å². The number of rotatable bonds is 8. The van der Waals surface area contributed by atoms with Gasteiger partial charge in [0.1, 0.15) is 23.3 Å². The lowest BCUT2D eigenvalue weighted by Crippen LogP contribution is -2.29. The van der Waals surface area contributed by atoms with Crippen molar-refractivity contribution in [1.82, 2.24) is 9.88 Å². The molecule has 2 aromatic heterocycles. The van der Waals surface area contributed by atoms with Gasteiger partial charge < -0.3 is 19.2 Å². The second-order valence-corrected chi connectivity index (χ2v) is 7.53. The van der Waals surface area contributed by atoms with E-state index >= 15 is 0 Å². The third-order valence-corrected chi connectivity index (χ3v) is 5.33. The summed E-state index contributed by atoms with van der Waals surface area (Å²) in [6.45, 7) is 2.81. The summed E-state index contributed by atoms with van der Waals surface area (Å²) in [5.74, 6) is -0.725. The van der Waals surface area contributed by atoms with E-state index in [1.165, 1.54) is 11.2 Å². The van der Waals surface area contributed by atoms with Gasteiger partial charge >= 0.3 is 0 Å². The zero-order valence-electron chi connectivity index (χ0n) is 17.7. The SMILES string of the molecule is CCCCOc1cccc(C(O)=C2C(=O)C(=O)N(Cc3ccncc3)C2c2ccco2)c1. The molecule has 32 heavy (non-hydrogen) atoms. The summed E-state index contributed by atoms with van der Waals surface area (Å²) >= 11 is 0. The van der Waals surface area contributed by atoms with Crippen molar-refractivity contribution in [3.8, 4) is 5.75 Å². The molecule has 3 heterocycles. The Morgan fingerprint density at radius 1 is 1.16 bits per heavy atom. The number of amides is 1. The van der Waals surface area contributed by atoms with E-state index in [4.69, 9.17) is 9.15 Å². The fraction of sp³-hybridized carbons (Fsp3) is 0.240. The lowest BCUT2D eigenvalue weighted by atomic mass is 9.99. The fourth-order valence-electron chi connectivity index (χ4n) is 3.69. The molecule has 0 bridgehead atoms. The Labute approximate surface area is 186 Å². The van der Waals surface area contributed by atoms with Crippen molar-refractivity contribution in [2.24, 2.45) is 0 Å². The third kappa shape index (κ3) is 4.27. The van der Waals surface area contributed by atoms with Crippen LogP contribution >= 0.6 is 0 Å². The van der Waals surface area contributed by atoms with E-state index in [2.05, 4.69) is 11.9 Å². The van der Waals surface area contributed by atoms with E-state index in [9.17, 15) is 14.7 Å². The number of ketones is 1. The predicted octanol–water partition coefficient (Wildman–Crippen LogP) is 4.48. The first kappa shape index (κ1) is 21.4. The van der Waals surface area contributed by atoms with Gasteiger partial charge in [-0.1, -0.05) is 25.5 Å². The molecule has 1 N–H and O–H groups in total. The van der Waals surface area contributed by atoms with Gasteiger partial charge in [-0.15, -0.1) is 0 Å². The van der Waals surface area contributed by atoms with Crippen molar-refractivity contribution in [3.05, 3.63) is 89.6 Å². The molecule has 0 radical (unpaired) electrons. The van der Waals surface area contributed by atoms with Crippen LogP contribution in [0.25, 0.3) is 5.76 Å². The first-order chi connectivity index (χ1) is 15.6. The maximum absolute atomic E-state index is 13.0.